The number of hydrogen-bond acceptors (Lipinski definition) is 1. The van der Waals surface area contributed by atoms with Gasteiger partial charge in [0, 0.05) is 10.5 Å². The number of alkyl halides is 5. The molecule has 1 aromatic rings. The molecular formula is C8HBrClF6O. The van der Waals surface area contributed by atoms with Crippen molar-refractivity contribution in [1.29, 1.82) is 0 Å². The highest BCUT2D eigenvalue weighted by molar-refractivity contribution is 9.10. The molecule has 0 amide bonds. The van der Waals surface area contributed by atoms with Gasteiger partial charge in [0.05, 0.1) is 10.6 Å². The average molecular weight is 342 g/mol. The van der Waals surface area contributed by atoms with E-state index in [-0.39, 0.29) is 0 Å². The first-order valence-electron chi connectivity index (χ1n) is 3.77. The highest BCUT2D eigenvalue weighted by Crippen LogP contribution is 2.42. The van der Waals surface area contributed by atoms with Crippen LogP contribution in [0.3, 0.4) is 0 Å². The van der Waals surface area contributed by atoms with E-state index >= 15 is 0 Å². The summed E-state index contributed by atoms with van der Waals surface area (Å²) in [6.07, 6.45) is -8.74. The molecule has 0 bridgehead atoms. The molecule has 9 heteroatoms. The molecule has 0 atom stereocenters. The molecule has 0 N–H and O–H groups in total. The fourth-order valence-electron chi connectivity index (χ4n) is 0.955. The summed E-state index contributed by atoms with van der Waals surface area (Å²) >= 11 is 7.90. The summed E-state index contributed by atoms with van der Waals surface area (Å²) in [7, 11) is 0. The molecule has 0 spiro atoms. The monoisotopic (exact) mass is 341 g/mol. The molecule has 0 aromatic heterocycles. The zero-order valence-electron chi connectivity index (χ0n) is 7.51. The molecular weight excluding hydrogens is 341 g/mol. The fraction of sp³-hybridized carbons (Fsp3) is 0.250. The molecule has 0 heterocycles. The van der Waals surface area contributed by atoms with E-state index in [1.165, 1.54) is 0 Å². The first kappa shape index (κ1) is 14.4. The van der Waals surface area contributed by atoms with Crippen molar-refractivity contribution in [2.75, 3.05) is 0 Å². The molecule has 0 fully saturated rings. The van der Waals surface area contributed by atoms with Crippen LogP contribution >= 0.6 is 27.5 Å². The Balaban J connectivity index is 3.41. The molecule has 1 aromatic carbocycles. The fourth-order valence-corrected chi connectivity index (χ4v) is 1.56. The summed E-state index contributed by atoms with van der Waals surface area (Å²) < 4.78 is 76.5. The van der Waals surface area contributed by atoms with Gasteiger partial charge >= 0.3 is 6.36 Å². The lowest BCUT2D eigenvalue weighted by molar-refractivity contribution is -0.276. The van der Waals surface area contributed by atoms with Crippen LogP contribution in [-0.2, 0) is 0 Å². The Bertz CT molecular complexity index is 433. The quantitative estimate of drug-likeness (QED) is 0.550. The van der Waals surface area contributed by atoms with Crippen LogP contribution in [0.1, 0.15) is 12.0 Å². The van der Waals surface area contributed by atoms with Crippen LogP contribution in [0.25, 0.3) is 0 Å². The Hall–Kier alpha value is -0.630. The zero-order chi connectivity index (χ0) is 13.4. The maximum absolute atomic E-state index is 13.1. The highest BCUT2D eigenvalue weighted by Gasteiger charge is 2.36. The standard InChI is InChI=1S/C8HBrClF6O/c9-2-1-3(11)6(17-8(14,15)16)4(5(2)10)7(12)13/h7H. The number of ether oxygens (including phenoxy) is 1. The SMILES string of the molecule is Fc1[c]c(Br)c(Cl)c(C(F)F)c1OC(F)(F)F. The Labute approximate surface area is 104 Å². The lowest BCUT2D eigenvalue weighted by Gasteiger charge is -2.15. The minimum Gasteiger partial charge on any atom is -0.402 e. The second-order valence-electron chi connectivity index (χ2n) is 2.66. The molecule has 0 saturated heterocycles. The highest BCUT2D eigenvalue weighted by atomic mass is 79.9. The van der Waals surface area contributed by atoms with Crippen LogP contribution in [0, 0.1) is 11.9 Å². The Morgan fingerprint density at radius 2 is 1.82 bits per heavy atom. The topological polar surface area (TPSA) is 9.23 Å². The summed E-state index contributed by atoms with van der Waals surface area (Å²) in [4.78, 5) is 0. The van der Waals surface area contributed by atoms with E-state index in [9.17, 15) is 26.3 Å². The Morgan fingerprint density at radius 3 is 2.24 bits per heavy atom. The number of hydrogen-bond donors (Lipinski definition) is 0. The zero-order valence-corrected chi connectivity index (χ0v) is 9.85. The van der Waals surface area contributed by atoms with Gasteiger partial charge in [0.1, 0.15) is 0 Å². The maximum Gasteiger partial charge on any atom is 0.573 e. The molecule has 95 valence electrons. The van der Waals surface area contributed by atoms with Crippen molar-refractivity contribution < 1.29 is 31.1 Å². The van der Waals surface area contributed by atoms with E-state index in [4.69, 9.17) is 11.6 Å². The van der Waals surface area contributed by atoms with Crippen molar-refractivity contribution in [2.45, 2.75) is 12.8 Å². The van der Waals surface area contributed by atoms with E-state index in [1.807, 2.05) is 0 Å². The average Bonchev–Trinajstić information content (AvgIpc) is 2.11. The van der Waals surface area contributed by atoms with E-state index in [2.05, 4.69) is 20.7 Å². The first-order chi connectivity index (χ1) is 7.63. The van der Waals surface area contributed by atoms with Crippen LogP contribution in [0.5, 0.6) is 5.75 Å². The Morgan fingerprint density at radius 1 is 1.29 bits per heavy atom. The van der Waals surface area contributed by atoms with E-state index in [1.54, 1.807) is 6.07 Å². The van der Waals surface area contributed by atoms with Crippen molar-refractivity contribution in [2.24, 2.45) is 0 Å². The van der Waals surface area contributed by atoms with Gasteiger partial charge in [-0.1, -0.05) is 11.6 Å². The third kappa shape index (κ3) is 3.41. The van der Waals surface area contributed by atoms with Gasteiger partial charge in [0.2, 0.25) is 0 Å². The molecule has 1 nitrogen and oxygen atoms in total. The van der Waals surface area contributed by atoms with E-state index < -0.39 is 39.4 Å². The van der Waals surface area contributed by atoms with Crippen molar-refractivity contribution in [3.63, 3.8) is 0 Å². The van der Waals surface area contributed by atoms with Crippen molar-refractivity contribution >= 4 is 27.5 Å². The van der Waals surface area contributed by atoms with Crippen molar-refractivity contribution in [3.8, 4) is 5.75 Å². The summed E-state index contributed by atoms with van der Waals surface area (Å²) in [6, 6.07) is 1.68. The van der Waals surface area contributed by atoms with Gasteiger partial charge in [-0.15, -0.1) is 13.2 Å². The predicted octanol–water partition coefficient (Wildman–Crippen LogP) is 4.88. The molecule has 0 saturated carbocycles. The smallest absolute Gasteiger partial charge is 0.402 e. The van der Waals surface area contributed by atoms with Gasteiger partial charge in [0.25, 0.3) is 6.43 Å². The molecule has 1 radical (unpaired) electrons. The van der Waals surface area contributed by atoms with Gasteiger partial charge in [-0.25, -0.2) is 13.2 Å². The lowest BCUT2D eigenvalue weighted by Crippen LogP contribution is -2.19. The molecule has 0 aliphatic carbocycles. The van der Waals surface area contributed by atoms with Gasteiger partial charge in [-0.3, -0.25) is 0 Å². The second kappa shape index (κ2) is 4.93. The van der Waals surface area contributed by atoms with Crippen molar-refractivity contribution in [3.05, 3.63) is 26.9 Å². The van der Waals surface area contributed by atoms with Gasteiger partial charge in [0.15, 0.2) is 11.6 Å². The third-order valence-corrected chi connectivity index (χ3v) is 2.74. The van der Waals surface area contributed by atoms with Gasteiger partial charge < -0.3 is 4.74 Å². The summed E-state index contributed by atoms with van der Waals surface area (Å²) in [5.41, 5.74) is -1.38. The largest absolute Gasteiger partial charge is 0.573 e. The summed E-state index contributed by atoms with van der Waals surface area (Å²) in [5.74, 6) is -3.39. The van der Waals surface area contributed by atoms with E-state index in [0.717, 1.165) is 0 Å². The molecule has 0 aliphatic rings. The Kier molecular flexibility index (Phi) is 4.19. The van der Waals surface area contributed by atoms with Crippen molar-refractivity contribution in [1.82, 2.24) is 0 Å². The van der Waals surface area contributed by atoms with Gasteiger partial charge in [-0.2, -0.15) is 0 Å². The van der Waals surface area contributed by atoms with Crippen LogP contribution in [-0.4, -0.2) is 6.36 Å². The number of rotatable bonds is 2. The third-order valence-electron chi connectivity index (χ3n) is 1.53. The molecule has 1 rings (SSSR count). The van der Waals surface area contributed by atoms with Crippen LogP contribution in [0.15, 0.2) is 4.47 Å². The minimum atomic E-state index is -5.31. The lowest BCUT2D eigenvalue weighted by atomic mass is 10.2. The van der Waals surface area contributed by atoms with Crippen LogP contribution in [0.4, 0.5) is 26.3 Å². The minimum absolute atomic E-state index is 0.415. The second-order valence-corrected chi connectivity index (χ2v) is 3.83. The summed E-state index contributed by atoms with van der Waals surface area (Å²) in [6.45, 7) is 0. The van der Waals surface area contributed by atoms with Crippen LogP contribution in [0.2, 0.25) is 5.02 Å². The molecule has 0 unspecified atom stereocenters. The maximum atomic E-state index is 13.1. The first-order valence-corrected chi connectivity index (χ1v) is 4.94. The summed E-state index contributed by atoms with van der Waals surface area (Å²) in [5, 5.41) is -0.791. The number of halogens is 8. The van der Waals surface area contributed by atoms with Gasteiger partial charge in [-0.05, 0) is 15.9 Å². The molecule has 17 heavy (non-hydrogen) atoms. The predicted molar refractivity (Wildman–Crippen MR) is 49.6 cm³/mol. The van der Waals surface area contributed by atoms with Crippen LogP contribution < -0.4 is 4.74 Å². The molecule has 0 aliphatic heterocycles. The normalized spacial score (nSPS) is 12.1. The number of benzene rings is 1. The van der Waals surface area contributed by atoms with E-state index in [0.29, 0.717) is 0 Å².